The van der Waals surface area contributed by atoms with Crippen LogP contribution in [-0.2, 0) is 0 Å². The van der Waals surface area contributed by atoms with Gasteiger partial charge in [-0.3, -0.25) is 4.90 Å². The number of hydrogen-bond donors (Lipinski definition) is 1. The Morgan fingerprint density at radius 1 is 1.00 bits per heavy atom. The number of nitrogens with two attached hydrogens (primary N) is 1. The smallest absolute Gasteiger partial charge is 0.203 e. The zero-order valence-electron chi connectivity index (χ0n) is 13.2. The Morgan fingerprint density at radius 2 is 1.67 bits per heavy atom. The lowest BCUT2D eigenvalue weighted by Crippen LogP contribution is -2.37. The van der Waals surface area contributed by atoms with Crippen LogP contribution in [0.25, 0.3) is 0 Å². The van der Waals surface area contributed by atoms with Crippen LogP contribution in [0.3, 0.4) is 0 Å². The highest BCUT2D eigenvalue weighted by Gasteiger charge is 2.26. The first-order valence-corrected chi connectivity index (χ1v) is 7.49. The van der Waals surface area contributed by atoms with Gasteiger partial charge in [0, 0.05) is 12.1 Å². The van der Waals surface area contributed by atoms with E-state index < -0.39 is 0 Å². The Hall–Kier alpha value is -1.46. The molecule has 118 valence electrons. The van der Waals surface area contributed by atoms with E-state index in [0.717, 1.165) is 24.4 Å². The Morgan fingerprint density at radius 3 is 2.19 bits per heavy atom. The summed E-state index contributed by atoms with van der Waals surface area (Å²) >= 11 is 0. The molecule has 1 aromatic carbocycles. The number of piperidine rings is 1. The molecule has 1 fully saturated rings. The molecule has 0 spiro atoms. The van der Waals surface area contributed by atoms with Gasteiger partial charge < -0.3 is 19.9 Å². The number of rotatable bonds is 6. The Labute approximate surface area is 127 Å². The van der Waals surface area contributed by atoms with Crippen molar-refractivity contribution < 1.29 is 14.2 Å². The molecule has 5 heteroatoms. The molecule has 1 saturated heterocycles. The standard InChI is InChI=1S/C16H26N2O3/c1-19-14-8-7-12(15(20-2)16(14)21-3)13(11-17)18-9-5-4-6-10-18/h7-8,13H,4-6,9-11,17H2,1-3H3. The van der Waals surface area contributed by atoms with Crippen LogP contribution in [0.5, 0.6) is 17.2 Å². The highest BCUT2D eigenvalue weighted by Crippen LogP contribution is 2.43. The third-order valence-electron chi connectivity index (χ3n) is 4.15. The zero-order chi connectivity index (χ0) is 15.2. The monoisotopic (exact) mass is 294 g/mol. The van der Waals surface area contributed by atoms with Crippen LogP contribution in [0.15, 0.2) is 12.1 Å². The Kier molecular flexibility index (Phi) is 5.70. The first-order chi connectivity index (χ1) is 10.3. The zero-order valence-corrected chi connectivity index (χ0v) is 13.2. The molecule has 0 saturated carbocycles. The van der Waals surface area contributed by atoms with Crippen molar-refractivity contribution in [1.29, 1.82) is 0 Å². The number of nitrogens with zero attached hydrogens (tertiary/aromatic N) is 1. The minimum Gasteiger partial charge on any atom is -0.493 e. The third kappa shape index (κ3) is 3.24. The van der Waals surface area contributed by atoms with E-state index in [4.69, 9.17) is 19.9 Å². The van der Waals surface area contributed by atoms with Crippen molar-refractivity contribution in [3.63, 3.8) is 0 Å². The Bertz CT molecular complexity index is 459. The molecule has 1 heterocycles. The van der Waals surface area contributed by atoms with E-state index >= 15 is 0 Å². The van der Waals surface area contributed by atoms with E-state index in [0.29, 0.717) is 18.0 Å². The number of methoxy groups -OCH3 is 3. The summed E-state index contributed by atoms with van der Waals surface area (Å²) in [5, 5.41) is 0. The van der Waals surface area contributed by atoms with Gasteiger partial charge in [0.05, 0.1) is 27.4 Å². The summed E-state index contributed by atoms with van der Waals surface area (Å²) in [5.41, 5.74) is 7.12. The van der Waals surface area contributed by atoms with Crippen LogP contribution in [-0.4, -0.2) is 45.9 Å². The maximum Gasteiger partial charge on any atom is 0.203 e. The van der Waals surface area contributed by atoms with E-state index in [1.807, 2.05) is 12.1 Å². The van der Waals surface area contributed by atoms with Crippen LogP contribution >= 0.6 is 0 Å². The molecule has 2 N–H and O–H groups in total. The molecule has 1 aliphatic heterocycles. The molecule has 1 aromatic rings. The summed E-state index contributed by atoms with van der Waals surface area (Å²) in [7, 11) is 4.91. The van der Waals surface area contributed by atoms with E-state index in [-0.39, 0.29) is 6.04 Å². The van der Waals surface area contributed by atoms with Gasteiger partial charge >= 0.3 is 0 Å². The van der Waals surface area contributed by atoms with Crippen molar-refractivity contribution in [2.24, 2.45) is 5.73 Å². The maximum absolute atomic E-state index is 6.05. The fourth-order valence-electron chi connectivity index (χ4n) is 3.09. The van der Waals surface area contributed by atoms with E-state index in [1.165, 1.54) is 19.3 Å². The highest BCUT2D eigenvalue weighted by atomic mass is 16.5. The molecule has 21 heavy (non-hydrogen) atoms. The Balaban J connectivity index is 2.40. The second-order valence-electron chi connectivity index (χ2n) is 5.27. The van der Waals surface area contributed by atoms with Crippen LogP contribution in [0, 0.1) is 0 Å². The second-order valence-corrected chi connectivity index (χ2v) is 5.27. The number of likely N-dealkylation sites (tertiary alicyclic amines) is 1. The van der Waals surface area contributed by atoms with Crippen molar-refractivity contribution in [3.8, 4) is 17.2 Å². The topological polar surface area (TPSA) is 57.0 Å². The summed E-state index contributed by atoms with van der Waals surface area (Å²) in [6.45, 7) is 2.73. The SMILES string of the molecule is COc1ccc(C(CN)N2CCCCC2)c(OC)c1OC. The number of benzene rings is 1. The average Bonchev–Trinajstić information content (AvgIpc) is 2.55. The summed E-state index contributed by atoms with van der Waals surface area (Å²) in [5.74, 6) is 2.03. The van der Waals surface area contributed by atoms with Crippen molar-refractivity contribution in [3.05, 3.63) is 17.7 Å². The molecular formula is C16H26N2O3. The summed E-state index contributed by atoms with van der Waals surface area (Å²) < 4.78 is 16.4. The van der Waals surface area contributed by atoms with Crippen molar-refractivity contribution in [2.75, 3.05) is 41.0 Å². The van der Waals surface area contributed by atoms with Gasteiger partial charge in [0.25, 0.3) is 0 Å². The van der Waals surface area contributed by atoms with E-state index in [9.17, 15) is 0 Å². The van der Waals surface area contributed by atoms with E-state index in [1.54, 1.807) is 21.3 Å². The minimum atomic E-state index is 0.153. The first kappa shape index (κ1) is 15.9. The van der Waals surface area contributed by atoms with Crippen LogP contribution in [0.2, 0.25) is 0 Å². The normalized spacial score (nSPS) is 17.3. The molecule has 0 amide bonds. The average molecular weight is 294 g/mol. The molecule has 0 radical (unpaired) electrons. The van der Waals surface area contributed by atoms with Crippen molar-refractivity contribution in [1.82, 2.24) is 4.90 Å². The molecule has 0 aliphatic carbocycles. The molecule has 1 atom stereocenters. The van der Waals surface area contributed by atoms with Crippen LogP contribution < -0.4 is 19.9 Å². The van der Waals surface area contributed by atoms with Gasteiger partial charge in [0.15, 0.2) is 11.5 Å². The molecule has 2 rings (SSSR count). The van der Waals surface area contributed by atoms with E-state index in [2.05, 4.69) is 4.90 Å². The second kappa shape index (κ2) is 7.52. The maximum atomic E-state index is 6.05. The molecule has 1 aliphatic rings. The van der Waals surface area contributed by atoms with Crippen LogP contribution in [0.4, 0.5) is 0 Å². The number of ether oxygens (including phenoxy) is 3. The summed E-state index contributed by atoms with van der Waals surface area (Å²) in [4.78, 5) is 2.44. The van der Waals surface area contributed by atoms with Gasteiger partial charge in [-0.05, 0) is 38.1 Å². The summed E-state index contributed by atoms with van der Waals surface area (Å²) in [6.07, 6.45) is 3.76. The summed E-state index contributed by atoms with van der Waals surface area (Å²) in [6, 6.07) is 4.11. The quantitative estimate of drug-likeness (QED) is 0.871. The van der Waals surface area contributed by atoms with Gasteiger partial charge in [0.1, 0.15) is 0 Å². The van der Waals surface area contributed by atoms with Gasteiger partial charge in [-0.15, -0.1) is 0 Å². The van der Waals surface area contributed by atoms with Crippen LogP contribution in [0.1, 0.15) is 30.9 Å². The molecule has 0 bridgehead atoms. The predicted octanol–water partition coefficient (Wildman–Crippen LogP) is 2.20. The predicted molar refractivity (Wildman–Crippen MR) is 83.3 cm³/mol. The molecule has 0 aromatic heterocycles. The highest BCUT2D eigenvalue weighted by molar-refractivity contribution is 5.56. The van der Waals surface area contributed by atoms with Crippen molar-refractivity contribution in [2.45, 2.75) is 25.3 Å². The first-order valence-electron chi connectivity index (χ1n) is 7.49. The van der Waals surface area contributed by atoms with Crippen molar-refractivity contribution >= 4 is 0 Å². The molecule has 5 nitrogen and oxygen atoms in total. The fourth-order valence-corrected chi connectivity index (χ4v) is 3.09. The lowest BCUT2D eigenvalue weighted by molar-refractivity contribution is 0.164. The lowest BCUT2D eigenvalue weighted by Gasteiger charge is -2.35. The largest absolute Gasteiger partial charge is 0.493 e. The van der Waals surface area contributed by atoms with Gasteiger partial charge in [-0.1, -0.05) is 6.42 Å². The van der Waals surface area contributed by atoms with Gasteiger partial charge in [-0.2, -0.15) is 0 Å². The molecular weight excluding hydrogens is 268 g/mol. The minimum absolute atomic E-state index is 0.153. The lowest BCUT2D eigenvalue weighted by atomic mass is 10.00. The van der Waals surface area contributed by atoms with Gasteiger partial charge in [-0.25, -0.2) is 0 Å². The third-order valence-corrected chi connectivity index (χ3v) is 4.15. The number of hydrogen-bond acceptors (Lipinski definition) is 5. The molecule has 1 unspecified atom stereocenters. The fraction of sp³-hybridized carbons (Fsp3) is 0.625. The van der Waals surface area contributed by atoms with Gasteiger partial charge in [0.2, 0.25) is 5.75 Å².